The van der Waals surface area contributed by atoms with Crippen molar-refractivity contribution < 1.29 is 14.7 Å². The van der Waals surface area contributed by atoms with Crippen LogP contribution in [0.5, 0.6) is 0 Å². The first kappa shape index (κ1) is 22.6. The van der Waals surface area contributed by atoms with Crippen molar-refractivity contribution in [3.05, 3.63) is 89.0 Å². The van der Waals surface area contributed by atoms with Gasteiger partial charge in [0, 0.05) is 55.9 Å². The minimum atomic E-state index is -0.688. The largest absolute Gasteiger partial charge is 0.507 e. The molecule has 0 spiro atoms. The molecule has 1 saturated heterocycles. The molecular formula is C25H25ClN4O3. The Kier molecular flexibility index (Phi) is 6.51. The molecule has 1 unspecified atom stereocenters. The molecule has 1 amide bonds. The number of carbonyl (C=O) groups excluding carboxylic acids is 2. The van der Waals surface area contributed by atoms with Gasteiger partial charge in [-0.15, -0.1) is 0 Å². The molecule has 1 fully saturated rings. The second-order valence-corrected chi connectivity index (χ2v) is 8.58. The summed E-state index contributed by atoms with van der Waals surface area (Å²) in [5, 5.41) is 11.6. The van der Waals surface area contributed by atoms with E-state index in [-0.39, 0.29) is 11.3 Å². The summed E-state index contributed by atoms with van der Waals surface area (Å²) in [4.78, 5) is 33.7. The zero-order valence-electron chi connectivity index (χ0n) is 18.5. The maximum Gasteiger partial charge on any atom is 0.295 e. The number of aromatic nitrogens is 2. The summed E-state index contributed by atoms with van der Waals surface area (Å²) in [5.74, 6) is -1.51. The van der Waals surface area contributed by atoms with E-state index in [1.165, 1.54) is 0 Å². The van der Waals surface area contributed by atoms with Gasteiger partial charge in [-0.3, -0.25) is 9.59 Å². The number of halogens is 1. The quantitative estimate of drug-likeness (QED) is 0.323. The fraction of sp³-hybridized carbons (Fsp3) is 0.240. The highest BCUT2D eigenvalue weighted by Crippen LogP contribution is 2.40. The molecule has 1 aliphatic heterocycles. The van der Waals surface area contributed by atoms with Crippen molar-refractivity contribution in [1.82, 2.24) is 14.5 Å². The number of aliphatic hydroxyl groups is 1. The molecule has 33 heavy (non-hydrogen) atoms. The third kappa shape index (κ3) is 4.64. The van der Waals surface area contributed by atoms with Gasteiger partial charge in [-0.2, -0.15) is 0 Å². The average Bonchev–Trinajstić information content (AvgIpc) is 3.41. The molecule has 1 N–H and O–H groups in total. The molecule has 170 valence electrons. The number of imidazole rings is 1. The van der Waals surface area contributed by atoms with Gasteiger partial charge in [0.1, 0.15) is 5.76 Å². The summed E-state index contributed by atoms with van der Waals surface area (Å²) >= 11 is 5.98. The SMILES string of the molecule is CN(C)c1ccc(C2/C(=C(/O)c3ccc(Cl)cc3)C(=O)C(=O)N2CCCn2ccnc2)cc1. The van der Waals surface area contributed by atoms with Crippen molar-refractivity contribution in [2.75, 3.05) is 25.5 Å². The number of nitrogens with zero attached hydrogens (tertiary/aromatic N) is 4. The van der Waals surface area contributed by atoms with Crippen LogP contribution < -0.4 is 4.90 Å². The second kappa shape index (κ2) is 9.50. The standard InChI is InChI=1S/C25H25ClN4O3/c1-28(2)20-10-6-17(7-11-20)22-21(23(31)18-4-8-19(26)9-5-18)24(32)25(33)30(22)14-3-13-29-15-12-27-16-29/h4-12,15-16,22,31H,3,13-14H2,1-2H3/b23-21-. The van der Waals surface area contributed by atoms with Crippen molar-refractivity contribution >= 4 is 34.7 Å². The van der Waals surface area contributed by atoms with E-state index < -0.39 is 17.7 Å². The van der Waals surface area contributed by atoms with Crippen LogP contribution in [0.2, 0.25) is 5.02 Å². The maximum atomic E-state index is 13.1. The van der Waals surface area contributed by atoms with E-state index in [0.717, 1.165) is 11.3 Å². The van der Waals surface area contributed by atoms with E-state index in [0.29, 0.717) is 30.1 Å². The molecule has 0 radical (unpaired) electrons. The van der Waals surface area contributed by atoms with Gasteiger partial charge >= 0.3 is 0 Å². The fourth-order valence-electron chi connectivity index (χ4n) is 4.02. The molecule has 1 atom stereocenters. The minimum absolute atomic E-state index is 0.0857. The van der Waals surface area contributed by atoms with Crippen molar-refractivity contribution in [2.24, 2.45) is 0 Å². The third-order valence-electron chi connectivity index (χ3n) is 5.76. The van der Waals surface area contributed by atoms with Crippen LogP contribution in [0.15, 0.2) is 72.8 Å². The van der Waals surface area contributed by atoms with Crippen LogP contribution in [0, 0.1) is 0 Å². The van der Waals surface area contributed by atoms with Gasteiger partial charge in [0.2, 0.25) is 0 Å². The van der Waals surface area contributed by atoms with Crippen LogP contribution in [0.1, 0.15) is 23.6 Å². The first-order valence-electron chi connectivity index (χ1n) is 10.6. The van der Waals surface area contributed by atoms with Gasteiger partial charge in [0.25, 0.3) is 11.7 Å². The highest BCUT2D eigenvalue weighted by atomic mass is 35.5. The highest BCUT2D eigenvalue weighted by Gasteiger charge is 2.45. The van der Waals surface area contributed by atoms with Crippen molar-refractivity contribution in [3.63, 3.8) is 0 Å². The molecule has 1 aromatic heterocycles. The molecule has 8 heteroatoms. The lowest BCUT2D eigenvalue weighted by Gasteiger charge is -2.26. The number of carbonyl (C=O) groups is 2. The van der Waals surface area contributed by atoms with Crippen LogP contribution >= 0.6 is 11.6 Å². The molecule has 1 aliphatic rings. The molecule has 7 nitrogen and oxygen atoms in total. The first-order valence-corrected chi connectivity index (χ1v) is 11.0. The Morgan fingerprint density at radius 3 is 2.36 bits per heavy atom. The Morgan fingerprint density at radius 1 is 1.06 bits per heavy atom. The lowest BCUT2D eigenvalue weighted by Crippen LogP contribution is -2.31. The summed E-state index contributed by atoms with van der Waals surface area (Å²) in [6.07, 6.45) is 5.90. The number of Topliss-reactive ketones (excluding diaryl/α,β-unsaturated/α-hetero) is 1. The van der Waals surface area contributed by atoms with Gasteiger partial charge in [0.05, 0.1) is 17.9 Å². The van der Waals surface area contributed by atoms with Gasteiger partial charge < -0.3 is 19.5 Å². The predicted molar refractivity (Wildman–Crippen MR) is 128 cm³/mol. The molecule has 0 aliphatic carbocycles. The van der Waals surface area contributed by atoms with E-state index in [1.807, 2.05) is 54.0 Å². The van der Waals surface area contributed by atoms with E-state index in [4.69, 9.17) is 11.6 Å². The normalized spacial score (nSPS) is 17.5. The van der Waals surface area contributed by atoms with Crippen LogP contribution in [0.4, 0.5) is 5.69 Å². The molecule has 3 aromatic rings. The number of rotatable bonds is 7. The van der Waals surface area contributed by atoms with Crippen LogP contribution in [0.25, 0.3) is 5.76 Å². The molecule has 2 heterocycles. The summed E-state index contributed by atoms with van der Waals surface area (Å²) < 4.78 is 1.92. The minimum Gasteiger partial charge on any atom is -0.507 e. The van der Waals surface area contributed by atoms with Gasteiger partial charge in [0.15, 0.2) is 0 Å². The smallest absolute Gasteiger partial charge is 0.295 e. The van der Waals surface area contributed by atoms with Crippen molar-refractivity contribution in [2.45, 2.75) is 19.0 Å². The van der Waals surface area contributed by atoms with Crippen molar-refractivity contribution in [1.29, 1.82) is 0 Å². The number of ketones is 1. The Labute approximate surface area is 197 Å². The third-order valence-corrected chi connectivity index (χ3v) is 6.01. The number of benzene rings is 2. The highest BCUT2D eigenvalue weighted by molar-refractivity contribution is 6.46. The summed E-state index contributed by atoms with van der Waals surface area (Å²) in [5.41, 5.74) is 2.28. The zero-order valence-corrected chi connectivity index (χ0v) is 19.2. The number of aliphatic hydroxyl groups excluding tert-OH is 1. The molecule has 2 aromatic carbocycles. The Bertz CT molecular complexity index is 1170. The lowest BCUT2D eigenvalue weighted by atomic mass is 9.95. The number of amides is 1. The molecule has 0 bridgehead atoms. The van der Waals surface area contributed by atoms with Gasteiger partial charge in [-0.25, -0.2) is 4.98 Å². The van der Waals surface area contributed by atoms with Gasteiger partial charge in [-0.1, -0.05) is 23.7 Å². The van der Waals surface area contributed by atoms with Crippen molar-refractivity contribution in [3.8, 4) is 0 Å². The van der Waals surface area contributed by atoms with E-state index in [1.54, 1.807) is 41.7 Å². The predicted octanol–water partition coefficient (Wildman–Crippen LogP) is 4.11. The second-order valence-electron chi connectivity index (χ2n) is 8.14. The first-order chi connectivity index (χ1) is 15.9. The maximum absolute atomic E-state index is 13.1. The van der Waals surface area contributed by atoms with E-state index in [2.05, 4.69) is 4.98 Å². The van der Waals surface area contributed by atoms with Gasteiger partial charge in [-0.05, 0) is 48.4 Å². The van der Waals surface area contributed by atoms with E-state index in [9.17, 15) is 14.7 Å². The number of hydrogen-bond acceptors (Lipinski definition) is 5. The average molecular weight is 465 g/mol. The van der Waals surface area contributed by atoms with Crippen LogP contribution in [0.3, 0.4) is 0 Å². The Morgan fingerprint density at radius 2 is 1.76 bits per heavy atom. The summed E-state index contributed by atoms with van der Waals surface area (Å²) in [6, 6.07) is 13.5. The summed E-state index contributed by atoms with van der Waals surface area (Å²) in [7, 11) is 3.88. The molecule has 0 saturated carbocycles. The molecule has 4 rings (SSSR count). The summed E-state index contributed by atoms with van der Waals surface area (Å²) in [6.45, 7) is 1.02. The Hall–Kier alpha value is -3.58. The zero-order chi connectivity index (χ0) is 23.5. The Balaban J connectivity index is 1.73. The lowest BCUT2D eigenvalue weighted by molar-refractivity contribution is -0.139. The number of aryl methyl sites for hydroxylation is 1. The fourth-order valence-corrected chi connectivity index (χ4v) is 4.14. The number of hydrogen-bond donors (Lipinski definition) is 1. The van der Waals surface area contributed by atoms with Crippen LogP contribution in [-0.2, 0) is 16.1 Å². The number of anilines is 1. The van der Waals surface area contributed by atoms with E-state index >= 15 is 0 Å². The monoisotopic (exact) mass is 464 g/mol. The van der Waals surface area contributed by atoms with Crippen LogP contribution in [-0.4, -0.2) is 51.9 Å². The number of likely N-dealkylation sites (tertiary alicyclic amines) is 1. The topological polar surface area (TPSA) is 78.7 Å². The molecular weight excluding hydrogens is 440 g/mol.